The summed E-state index contributed by atoms with van der Waals surface area (Å²) in [5, 5.41) is 0. The van der Waals surface area contributed by atoms with Crippen molar-refractivity contribution in [2.45, 2.75) is 44.5 Å². The second kappa shape index (κ2) is 6.17. The first kappa shape index (κ1) is 15.7. The van der Waals surface area contributed by atoms with Crippen LogP contribution in [0.5, 0.6) is 0 Å². The number of unbranched alkanes of at least 4 members (excludes halogenated alkanes) is 2. The van der Waals surface area contributed by atoms with Gasteiger partial charge in [-0.1, -0.05) is 50.1 Å². The highest BCUT2D eigenvalue weighted by Crippen LogP contribution is 2.44. The highest BCUT2D eigenvalue weighted by molar-refractivity contribution is 5.86. The normalized spacial score (nSPS) is 12.5. The lowest BCUT2D eigenvalue weighted by Crippen LogP contribution is -2.45. The first-order valence-electron chi connectivity index (χ1n) is 6.18. The summed E-state index contributed by atoms with van der Waals surface area (Å²) in [7, 11) is 0. The van der Waals surface area contributed by atoms with Crippen molar-refractivity contribution in [3.8, 4) is 0 Å². The molecule has 19 heavy (non-hydrogen) atoms. The van der Waals surface area contributed by atoms with Crippen molar-refractivity contribution in [2.75, 3.05) is 0 Å². The molecule has 0 spiro atoms. The molecule has 0 unspecified atom stereocenters. The molecule has 5 heteroatoms. The van der Waals surface area contributed by atoms with Gasteiger partial charge in [0.25, 0.3) is 0 Å². The summed E-state index contributed by atoms with van der Waals surface area (Å²) in [6.07, 6.45) is 0.978. The van der Waals surface area contributed by atoms with Gasteiger partial charge in [-0.15, -0.1) is 0 Å². The number of alkyl halides is 4. The number of rotatable bonds is 7. The Labute approximate surface area is 109 Å². The molecule has 0 heterocycles. The first-order chi connectivity index (χ1) is 8.84. The Kier molecular flexibility index (Phi) is 5.09. The molecule has 0 fully saturated rings. The van der Waals surface area contributed by atoms with Crippen molar-refractivity contribution >= 4 is 5.78 Å². The number of carbonyl (C=O) groups excluding carboxylic acids is 1. The van der Waals surface area contributed by atoms with Gasteiger partial charge in [0.15, 0.2) is 0 Å². The lowest BCUT2D eigenvalue weighted by Gasteiger charge is -2.25. The maximum atomic E-state index is 13.7. The van der Waals surface area contributed by atoms with Crippen molar-refractivity contribution in [3.05, 3.63) is 35.9 Å². The van der Waals surface area contributed by atoms with Gasteiger partial charge in [-0.05, 0) is 6.42 Å². The number of halogens is 4. The lowest BCUT2D eigenvalue weighted by molar-refractivity contribution is -0.213. The van der Waals surface area contributed by atoms with E-state index in [-0.39, 0.29) is 6.42 Å². The zero-order valence-electron chi connectivity index (χ0n) is 10.6. The van der Waals surface area contributed by atoms with Crippen LogP contribution in [0.4, 0.5) is 17.6 Å². The second-order valence-electron chi connectivity index (χ2n) is 4.40. The summed E-state index contributed by atoms with van der Waals surface area (Å²) < 4.78 is 54.7. The SMILES string of the molecule is CCCCCC(=O)C(F)(F)C(F)(F)c1ccccc1. The molecule has 106 valence electrons. The minimum absolute atomic E-state index is 0.204. The fourth-order valence-corrected chi connectivity index (χ4v) is 1.70. The molecule has 0 aromatic heterocycles. The summed E-state index contributed by atoms with van der Waals surface area (Å²) in [6, 6.07) is 5.71. The average molecular weight is 276 g/mol. The predicted molar refractivity (Wildman–Crippen MR) is 64.4 cm³/mol. The van der Waals surface area contributed by atoms with E-state index in [0.717, 1.165) is 18.6 Å². The Morgan fingerprint density at radius 1 is 1.05 bits per heavy atom. The number of hydrogen-bond acceptors (Lipinski definition) is 1. The number of benzene rings is 1. The van der Waals surface area contributed by atoms with Crippen molar-refractivity contribution < 1.29 is 22.4 Å². The van der Waals surface area contributed by atoms with Crippen LogP contribution in [0, 0.1) is 0 Å². The molecule has 1 aromatic carbocycles. The van der Waals surface area contributed by atoms with Crippen LogP contribution in [-0.4, -0.2) is 11.7 Å². The van der Waals surface area contributed by atoms with Gasteiger partial charge >= 0.3 is 11.8 Å². The minimum atomic E-state index is -4.66. The first-order valence-corrected chi connectivity index (χ1v) is 6.18. The van der Waals surface area contributed by atoms with E-state index >= 15 is 0 Å². The molecule has 0 amide bonds. The molecule has 0 saturated heterocycles. The second-order valence-corrected chi connectivity index (χ2v) is 4.40. The van der Waals surface area contributed by atoms with Crippen LogP contribution in [0.3, 0.4) is 0 Å². The van der Waals surface area contributed by atoms with Crippen molar-refractivity contribution in [2.24, 2.45) is 0 Å². The molecule has 0 aliphatic heterocycles. The Hall–Kier alpha value is -1.39. The van der Waals surface area contributed by atoms with Gasteiger partial charge in [0.2, 0.25) is 5.78 Å². The Balaban J connectivity index is 2.88. The molecule has 1 rings (SSSR count). The smallest absolute Gasteiger partial charge is 0.293 e. The summed E-state index contributed by atoms with van der Waals surface area (Å²) in [5.74, 6) is -10.8. The third-order valence-electron chi connectivity index (χ3n) is 2.89. The van der Waals surface area contributed by atoms with E-state index in [4.69, 9.17) is 0 Å². The molecule has 0 aliphatic carbocycles. The quantitative estimate of drug-likeness (QED) is 0.527. The van der Waals surface area contributed by atoms with E-state index in [2.05, 4.69) is 0 Å². The van der Waals surface area contributed by atoms with Crippen LogP contribution in [0.2, 0.25) is 0 Å². The van der Waals surface area contributed by atoms with Gasteiger partial charge in [-0.2, -0.15) is 17.6 Å². The molecular weight excluding hydrogens is 260 g/mol. The van der Waals surface area contributed by atoms with Crippen molar-refractivity contribution in [1.29, 1.82) is 0 Å². The third kappa shape index (κ3) is 3.33. The van der Waals surface area contributed by atoms with Gasteiger partial charge in [-0.3, -0.25) is 4.79 Å². The molecule has 1 aromatic rings. The van der Waals surface area contributed by atoms with E-state index in [1.54, 1.807) is 0 Å². The molecular formula is C14H16F4O. The van der Waals surface area contributed by atoms with E-state index in [1.807, 2.05) is 6.92 Å². The van der Waals surface area contributed by atoms with Crippen LogP contribution in [0.25, 0.3) is 0 Å². The lowest BCUT2D eigenvalue weighted by atomic mass is 9.96. The van der Waals surface area contributed by atoms with Gasteiger partial charge < -0.3 is 0 Å². The van der Waals surface area contributed by atoms with Crippen molar-refractivity contribution in [1.82, 2.24) is 0 Å². The maximum absolute atomic E-state index is 13.7. The molecule has 0 radical (unpaired) electrons. The fourth-order valence-electron chi connectivity index (χ4n) is 1.70. The highest BCUT2D eigenvalue weighted by Gasteiger charge is 2.61. The van der Waals surface area contributed by atoms with Crippen LogP contribution in [-0.2, 0) is 10.7 Å². The molecule has 1 nitrogen and oxygen atoms in total. The van der Waals surface area contributed by atoms with E-state index < -0.39 is 29.6 Å². The number of hydrogen-bond donors (Lipinski definition) is 0. The maximum Gasteiger partial charge on any atom is 0.371 e. The molecule has 0 saturated carbocycles. The molecule has 0 bridgehead atoms. The molecule has 0 aliphatic rings. The van der Waals surface area contributed by atoms with Crippen LogP contribution in [0.15, 0.2) is 30.3 Å². The summed E-state index contributed by atoms with van der Waals surface area (Å²) in [4.78, 5) is 11.3. The van der Waals surface area contributed by atoms with Gasteiger partial charge in [0, 0.05) is 12.0 Å². The van der Waals surface area contributed by atoms with E-state index in [0.29, 0.717) is 6.42 Å². The zero-order valence-corrected chi connectivity index (χ0v) is 10.6. The third-order valence-corrected chi connectivity index (χ3v) is 2.89. The molecule has 0 atom stereocenters. The summed E-state index contributed by atoms with van der Waals surface area (Å²) in [5.41, 5.74) is -0.844. The Bertz CT molecular complexity index is 415. The van der Waals surface area contributed by atoms with Crippen molar-refractivity contribution in [3.63, 3.8) is 0 Å². The van der Waals surface area contributed by atoms with E-state index in [1.165, 1.54) is 18.2 Å². The van der Waals surface area contributed by atoms with Gasteiger partial charge in [0.1, 0.15) is 0 Å². The summed E-state index contributed by atoms with van der Waals surface area (Å²) in [6.45, 7) is 1.83. The largest absolute Gasteiger partial charge is 0.371 e. The topological polar surface area (TPSA) is 17.1 Å². The predicted octanol–water partition coefficient (Wildman–Crippen LogP) is 4.56. The van der Waals surface area contributed by atoms with Crippen LogP contribution >= 0.6 is 0 Å². The standard InChI is InChI=1S/C14H16F4O/c1-2-3-5-10-12(19)14(17,18)13(15,16)11-8-6-4-7-9-11/h4,6-9H,2-3,5,10H2,1H3. The number of carbonyl (C=O) groups is 1. The van der Waals surface area contributed by atoms with Gasteiger partial charge in [-0.25, -0.2) is 0 Å². The zero-order chi connectivity index (χ0) is 14.5. The number of Topliss-reactive ketones (excluding diaryl/α,β-unsaturated/α-hetero) is 1. The highest BCUT2D eigenvalue weighted by atomic mass is 19.3. The Morgan fingerprint density at radius 3 is 2.16 bits per heavy atom. The Morgan fingerprint density at radius 2 is 1.63 bits per heavy atom. The number of ketones is 1. The summed E-state index contributed by atoms with van der Waals surface area (Å²) >= 11 is 0. The minimum Gasteiger partial charge on any atom is -0.293 e. The average Bonchev–Trinajstić information content (AvgIpc) is 2.39. The fraction of sp³-hybridized carbons (Fsp3) is 0.500. The van der Waals surface area contributed by atoms with Crippen LogP contribution < -0.4 is 0 Å². The monoisotopic (exact) mass is 276 g/mol. The van der Waals surface area contributed by atoms with E-state index in [9.17, 15) is 22.4 Å². The van der Waals surface area contributed by atoms with Gasteiger partial charge in [0.05, 0.1) is 0 Å². The van der Waals surface area contributed by atoms with Crippen LogP contribution in [0.1, 0.15) is 38.2 Å². The molecule has 0 N–H and O–H groups in total.